The molecule has 0 heterocycles. The molecule has 1 fully saturated rings. The monoisotopic (exact) mass is 335 g/mol. The van der Waals surface area contributed by atoms with E-state index in [2.05, 4.69) is 10.6 Å². The molecule has 24 heavy (non-hydrogen) atoms. The van der Waals surface area contributed by atoms with E-state index in [9.17, 15) is 24.5 Å². The van der Waals surface area contributed by atoms with Gasteiger partial charge in [0.25, 0.3) is 11.6 Å². The highest BCUT2D eigenvalue weighted by atomic mass is 16.6. The van der Waals surface area contributed by atoms with E-state index >= 15 is 0 Å². The van der Waals surface area contributed by atoms with Gasteiger partial charge in [0.05, 0.1) is 11.5 Å². The zero-order valence-corrected chi connectivity index (χ0v) is 12.9. The summed E-state index contributed by atoms with van der Waals surface area (Å²) >= 11 is 0. The van der Waals surface area contributed by atoms with E-state index in [1.807, 2.05) is 0 Å². The van der Waals surface area contributed by atoms with E-state index in [0.29, 0.717) is 5.56 Å². The maximum atomic E-state index is 12.0. The van der Waals surface area contributed by atoms with Crippen LogP contribution in [0.3, 0.4) is 0 Å². The van der Waals surface area contributed by atoms with Crippen LogP contribution in [0, 0.1) is 23.0 Å². The van der Waals surface area contributed by atoms with Crippen LogP contribution in [0.4, 0.5) is 5.69 Å². The van der Waals surface area contributed by atoms with Crippen LogP contribution in [0.1, 0.15) is 28.8 Å². The maximum Gasteiger partial charge on any atom is 0.326 e. The van der Waals surface area contributed by atoms with Gasteiger partial charge in [0.2, 0.25) is 5.91 Å². The van der Waals surface area contributed by atoms with Crippen LogP contribution < -0.4 is 10.6 Å². The Morgan fingerprint density at radius 1 is 1.38 bits per heavy atom. The summed E-state index contributed by atoms with van der Waals surface area (Å²) in [5, 5.41) is 24.5. The molecule has 0 radical (unpaired) electrons. The molecule has 1 unspecified atom stereocenters. The first-order valence-corrected chi connectivity index (χ1v) is 7.35. The Labute approximate surface area is 137 Å². The van der Waals surface area contributed by atoms with Gasteiger partial charge in [0, 0.05) is 17.2 Å². The average molecular weight is 335 g/mol. The molecule has 1 aromatic carbocycles. The maximum absolute atomic E-state index is 12.0. The summed E-state index contributed by atoms with van der Waals surface area (Å²) in [7, 11) is 0. The number of aryl methyl sites for hydroxylation is 1. The standard InChI is InChI=1S/C15H17N3O6/c1-8-6-10(4-5-11(8)18(23)24)14(20)16-7-12(19)17-13(15(21)22)9-2-3-9/h4-6,9,13H,2-3,7H2,1H3,(H,16,20)(H,17,19)(H,21,22). The number of carboxylic acids is 1. The molecule has 1 saturated carbocycles. The van der Waals surface area contributed by atoms with Crippen LogP contribution >= 0.6 is 0 Å². The number of amides is 2. The fourth-order valence-electron chi connectivity index (χ4n) is 2.30. The van der Waals surface area contributed by atoms with Gasteiger partial charge < -0.3 is 15.7 Å². The van der Waals surface area contributed by atoms with E-state index in [1.165, 1.54) is 25.1 Å². The summed E-state index contributed by atoms with van der Waals surface area (Å²) in [4.78, 5) is 45.0. The highest BCUT2D eigenvalue weighted by Gasteiger charge is 2.37. The lowest BCUT2D eigenvalue weighted by Gasteiger charge is -2.13. The molecule has 9 heteroatoms. The van der Waals surface area contributed by atoms with Crippen LogP contribution in [-0.2, 0) is 9.59 Å². The molecule has 1 aromatic rings. The lowest BCUT2D eigenvalue weighted by atomic mass is 10.1. The highest BCUT2D eigenvalue weighted by Crippen LogP contribution is 2.32. The normalized spacial score (nSPS) is 14.5. The van der Waals surface area contributed by atoms with Crippen molar-refractivity contribution in [2.75, 3.05) is 6.54 Å². The first-order chi connectivity index (χ1) is 11.3. The Morgan fingerprint density at radius 2 is 2.04 bits per heavy atom. The van der Waals surface area contributed by atoms with E-state index in [1.54, 1.807) is 0 Å². The van der Waals surface area contributed by atoms with E-state index in [0.717, 1.165) is 12.8 Å². The number of nitrogens with one attached hydrogen (secondary N) is 2. The lowest BCUT2D eigenvalue weighted by Crippen LogP contribution is -2.46. The molecule has 0 bridgehead atoms. The number of rotatable bonds is 7. The summed E-state index contributed by atoms with van der Waals surface area (Å²) in [6.07, 6.45) is 1.51. The molecular formula is C15H17N3O6. The van der Waals surface area contributed by atoms with Gasteiger partial charge in [-0.15, -0.1) is 0 Å². The van der Waals surface area contributed by atoms with E-state index < -0.39 is 28.7 Å². The zero-order chi connectivity index (χ0) is 17.9. The van der Waals surface area contributed by atoms with Gasteiger partial charge in [0.15, 0.2) is 0 Å². The molecule has 2 rings (SSSR count). The van der Waals surface area contributed by atoms with Gasteiger partial charge in [0.1, 0.15) is 6.04 Å². The number of benzene rings is 1. The molecule has 1 aliphatic carbocycles. The SMILES string of the molecule is Cc1cc(C(=O)NCC(=O)NC(C(=O)O)C2CC2)ccc1[N+](=O)[O-]. The molecule has 0 aliphatic heterocycles. The van der Waals surface area contributed by atoms with Crippen LogP contribution in [0.15, 0.2) is 18.2 Å². The topological polar surface area (TPSA) is 139 Å². The van der Waals surface area contributed by atoms with Gasteiger partial charge in [-0.25, -0.2) is 4.79 Å². The van der Waals surface area contributed by atoms with Gasteiger partial charge in [-0.1, -0.05) is 0 Å². The molecule has 2 amide bonds. The summed E-state index contributed by atoms with van der Waals surface area (Å²) in [6.45, 7) is 1.14. The number of nitro benzene ring substituents is 1. The third-order valence-electron chi connectivity index (χ3n) is 3.74. The van der Waals surface area contributed by atoms with Crippen molar-refractivity contribution < 1.29 is 24.4 Å². The van der Waals surface area contributed by atoms with Crippen molar-refractivity contribution in [2.45, 2.75) is 25.8 Å². The first kappa shape index (κ1) is 17.4. The molecule has 3 N–H and O–H groups in total. The number of carboxylic acid groups (broad SMARTS) is 1. The smallest absolute Gasteiger partial charge is 0.326 e. The molecule has 1 aliphatic rings. The summed E-state index contributed by atoms with van der Waals surface area (Å²) < 4.78 is 0. The second kappa shape index (κ2) is 7.07. The van der Waals surface area contributed by atoms with Crippen LogP contribution in [0.5, 0.6) is 0 Å². The van der Waals surface area contributed by atoms with Crippen LogP contribution in [0.2, 0.25) is 0 Å². The summed E-state index contributed by atoms with van der Waals surface area (Å²) in [5.74, 6) is -2.31. The van der Waals surface area contributed by atoms with Gasteiger partial charge >= 0.3 is 5.97 Å². The van der Waals surface area contributed by atoms with Crippen molar-refractivity contribution in [2.24, 2.45) is 5.92 Å². The number of carbonyl (C=O) groups excluding carboxylic acids is 2. The quantitative estimate of drug-likeness (QED) is 0.493. The summed E-state index contributed by atoms with van der Waals surface area (Å²) in [6, 6.07) is 2.94. The Hall–Kier alpha value is -2.97. The lowest BCUT2D eigenvalue weighted by molar-refractivity contribution is -0.385. The van der Waals surface area contributed by atoms with Crippen molar-refractivity contribution in [3.63, 3.8) is 0 Å². The highest BCUT2D eigenvalue weighted by molar-refractivity contribution is 5.97. The number of nitro groups is 1. The van der Waals surface area contributed by atoms with Crippen LogP contribution in [-0.4, -0.2) is 40.4 Å². The molecule has 0 aromatic heterocycles. The predicted octanol–water partition coefficient (Wildman–Crippen LogP) is 0.612. The largest absolute Gasteiger partial charge is 0.480 e. The fourth-order valence-corrected chi connectivity index (χ4v) is 2.30. The minimum atomic E-state index is -1.09. The third-order valence-corrected chi connectivity index (χ3v) is 3.74. The van der Waals surface area contributed by atoms with Crippen molar-refractivity contribution in [1.29, 1.82) is 0 Å². The first-order valence-electron chi connectivity index (χ1n) is 7.35. The van der Waals surface area contributed by atoms with E-state index in [4.69, 9.17) is 5.11 Å². The zero-order valence-electron chi connectivity index (χ0n) is 12.9. The Kier molecular flexibility index (Phi) is 5.12. The Balaban J connectivity index is 1.90. The third kappa shape index (κ3) is 4.28. The number of hydrogen-bond acceptors (Lipinski definition) is 5. The molecule has 128 valence electrons. The fraction of sp³-hybridized carbons (Fsp3) is 0.400. The van der Waals surface area contributed by atoms with Crippen LogP contribution in [0.25, 0.3) is 0 Å². The minimum absolute atomic E-state index is 0.0560. The van der Waals surface area contributed by atoms with E-state index in [-0.39, 0.29) is 23.7 Å². The Bertz CT molecular complexity index is 698. The second-order valence-electron chi connectivity index (χ2n) is 5.66. The molecule has 1 atom stereocenters. The van der Waals surface area contributed by atoms with Gasteiger partial charge in [-0.05, 0) is 37.8 Å². The predicted molar refractivity (Wildman–Crippen MR) is 82.5 cm³/mol. The van der Waals surface area contributed by atoms with Gasteiger partial charge in [-0.3, -0.25) is 19.7 Å². The number of nitrogens with zero attached hydrogens (tertiary/aromatic N) is 1. The molecule has 9 nitrogen and oxygen atoms in total. The number of carbonyl (C=O) groups is 3. The molecular weight excluding hydrogens is 318 g/mol. The number of aliphatic carboxylic acids is 1. The average Bonchev–Trinajstić information content (AvgIpc) is 3.34. The number of hydrogen-bond donors (Lipinski definition) is 3. The van der Waals surface area contributed by atoms with Crippen molar-refractivity contribution in [3.05, 3.63) is 39.4 Å². The molecule has 0 spiro atoms. The van der Waals surface area contributed by atoms with Gasteiger partial charge in [-0.2, -0.15) is 0 Å². The Morgan fingerprint density at radius 3 is 2.54 bits per heavy atom. The molecule has 0 saturated heterocycles. The van der Waals surface area contributed by atoms with Crippen molar-refractivity contribution in [3.8, 4) is 0 Å². The summed E-state index contributed by atoms with van der Waals surface area (Å²) in [5.41, 5.74) is 0.415. The van der Waals surface area contributed by atoms with Crippen molar-refractivity contribution in [1.82, 2.24) is 10.6 Å². The van der Waals surface area contributed by atoms with Crippen molar-refractivity contribution >= 4 is 23.5 Å². The minimum Gasteiger partial charge on any atom is -0.480 e. The second-order valence-corrected chi connectivity index (χ2v) is 5.66.